The maximum absolute atomic E-state index is 11.6. The van der Waals surface area contributed by atoms with Gasteiger partial charge in [-0.05, 0) is 31.2 Å². The fraction of sp³-hybridized carbons (Fsp3) is 0.438. The fourth-order valence-corrected chi connectivity index (χ4v) is 3.59. The van der Waals surface area contributed by atoms with Gasteiger partial charge in [-0.3, -0.25) is 4.79 Å². The first-order valence-corrected chi connectivity index (χ1v) is 9.56. The second-order valence-corrected chi connectivity index (χ2v) is 7.23. The van der Waals surface area contributed by atoms with E-state index < -0.39 is 6.10 Å². The predicted octanol–water partition coefficient (Wildman–Crippen LogP) is 3.09. The van der Waals surface area contributed by atoms with Crippen molar-refractivity contribution in [3.05, 3.63) is 29.8 Å². The molecule has 1 atom stereocenters. The largest absolute Gasteiger partial charge is 0.491 e. The molecule has 24 heavy (non-hydrogen) atoms. The van der Waals surface area contributed by atoms with Crippen molar-refractivity contribution in [1.29, 1.82) is 0 Å². The number of anilines is 1. The van der Waals surface area contributed by atoms with Crippen LogP contribution in [0.2, 0.25) is 0 Å². The van der Waals surface area contributed by atoms with Crippen LogP contribution in [0.4, 0.5) is 5.13 Å². The van der Waals surface area contributed by atoms with E-state index in [0.29, 0.717) is 23.5 Å². The third-order valence-electron chi connectivity index (χ3n) is 3.07. The van der Waals surface area contributed by atoms with Gasteiger partial charge in [-0.1, -0.05) is 30.0 Å². The average molecular weight is 367 g/mol. The number of aromatic nitrogens is 2. The van der Waals surface area contributed by atoms with Gasteiger partial charge in [0.1, 0.15) is 12.4 Å². The van der Waals surface area contributed by atoms with Gasteiger partial charge in [0, 0.05) is 24.3 Å². The summed E-state index contributed by atoms with van der Waals surface area (Å²) in [6, 6.07) is 6.98. The van der Waals surface area contributed by atoms with Crippen molar-refractivity contribution in [2.45, 2.75) is 30.7 Å². The Morgan fingerprint density at radius 1 is 1.33 bits per heavy atom. The van der Waals surface area contributed by atoms with Gasteiger partial charge in [0.15, 0.2) is 10.1 Å². The average Bonchev–Trinajstić information content (AvgIpc) is 3.06. The zero-order valence-electron chi connectivity index (χ0n) is 13.7. The number of nitrogens with zero attached hydrogens (tertiary/aromatic N) is 2. The summed E-state index contributed by atoms with van der Waals surface area (Å²) in [5.41, 5.74) is 0.675. The van der Waals surface area contributed by atoms with Crippen molar-refractivity contribution in [3.63, 3.8) is 0 Å². The molecule has 0 saturated heterocycles. The van der Waals surface area contributed by atoms with Gasteiger partial charge in [-0.25, -0.2) is 0 Å². The quantitative estimate of drug-likeness (QED) is 0.493. The first kappa shape index (κ1) is 18.7. The normalized spacial score (nSPS) is 12.0. The maximum Gasteiger partial charge on any atom is 0.206 e. The Balaban J connectivity index is 1.74. The highest BCUT2D eigenvalue weighted by molar-refractivity contribution is 8.01. The number of thioether (sulfide) groups is 1. The topological polar surface area (TPSA) is 84.3 Å². The van der Waals surface area contributed by atoms with Crippen molar-refractivity contribution < 1.29 is 14.6 Å². The van der Waals surface area contributed by atoms with Gasteiger partial charge in [-0.2, -0.15) is 0 Å². The lowest BCUT2D eigenvalue weighted by atomic mass is 10.1. The maximum atomic E-state index is 11.6. The number of rotatable bonds is 10. The van der Waals surface area contributed by atoms with E-state index in [1.807, 2.05) is 13.8 Å². The lowest BCUT2D eigenvalue weighted by molar-refractivity contribution is 0.0987. The molecule has 8 heteroatoms. The van der Waals surface area contributed by atoms with Gasteiger partial charge in [0.25, 0.3) is 0 Å². The SMILES string of the molecule is CCNc1nnc(SCC(O)COc2ccc(C(=O)CC)cc2)s1. The summed E-state index contributed by atoms with van der Waals surface area (Å²) in [6.45, 7) is 4.82. The van der Waals surface area contributed by atoms with Crippen LogP contribution in [-0.2, 0) is 0 Å². The number of carbonyl (C=O) groups excluding carboxylic acids is 1. The molecule has 130 valence electrons. The molecule has 2 aromatic rings. The highest BCUT2D eigenvalue weighted by Gasteiger charge is 2.10. The van der Waals surface area contributed by atoms with E-state index in [2.05, 4.69) is 15.5 Å². The Hall–Kier alpha value is -1.64. The summed E-state index contributed by atoms with van der Waals surface area (Å²) in [6.07, 6.45) is -0.129. The van der Waals surface area contributed by atoms with E-state index in [0.717, 1.165) is 16.0 Å². The highest BCUT2D eigenvalue weighted by Crippen LogP contribution is 2.26. The number of aliphatic hydroxyl groups excluding tert-OH is 1. The van der Waals surface area contributed by atoms with Gasteiger partial charge in [-0.15, -0.1) is 10.2 Å². The Labute approximate surface area is 149 Å². The molecule has 0 bridgehead atoms. The van der Waals surface area contributed by atoms with Crippen LogP contribution in [0.15, 0.2) is 28.6 Å². The Kier molecular flexibility index (Phi) is 7.48. The number of carbonyl (C=O) groups is 1. The van der Waals surface area contributed by atoms with Crippen molar-refractivity contribution in [1.82, 2.24) is 10.2 Å². The first-order chi connectivity index (χ1) is 11.6. The minimum absolute atomic E-state index is 0.104. The van der Waals surface area contributed by atoms with Crippen LogP contribution >= 0.6 is 23.1 Å². The highest BCUT2D eigenvalue weighted by atomic mass is 32.2. The molecule has 0 saturated carbocycles. The molecule has 2 N–H and O–H groups in total. The second-order valence-electron chi connectivity index (χ2n) is 4.98. The van der Waals surface area contributed by atoms with Crippen LogP contribution < -0.4 is 10.1 Å². The van der Waals surface area contributed by atoms with Crippen LogP contribution in [0, 0.1) is 0 Å². The van der Waals surface area contributed by atoms with Crippen LogP contribution in [0.25, 0.3) is 0 Å². The molecule has 0 radical (unpaired) electrons. The van der Waals surface area contributed by atoms with Crippen LogP contribution in [0.3, 0.4) is 0 Å². The molecule has 0 amide bonds. The molecule has 1 aromatic carbocycles. The Morgan fingerprint density at radius 3 is 2.75 bits per heavy atom. The molecule has 1 heterocycles. The molecule has 0 aliphatic heterocycles. The zero-order valence-corrected chi connectivity index (χ0v) is 15.3. The lowest BCUT2D eigenvalue weighted by Crippen LogP contribution is -2.20. The number of hydrogen-bond donors (Lipinski definition) is 2. The first-order valence-electron chi connectivity index (χ1n) is 7.76. The van der Waals surface area contributed by atoms with Gasteiger partial charge in [0.2, 0.25) is 5.13 Å². The van der Waals surface area contributed by atoms with Crippen molar-refractivity contribution in [3.8, 4) is 5.75 Å². The van der Waals surface area contributed by atoms with Crippen LogP contribution in [-0.4, -0.2) is 46.1 Å². The number of benzene rings is 1. The van der Waals surface area contributed by atoms with Gasteiger partial charge in [0.05, 0.1) is 6.10 Å². The molecular weight excluding hydrogens is 346 g/mol. The van der Waals surface area contributed by atoms with E-state index in [4.69, 9.17) is 4.74 Å². The zero-order chi connectivity index (χ0) is 17.4. The van der Waals surface area contributed by atoms with E-state index >= 15 is 0 Å². The number of hydrogen-bond acceptors (Lipinski definition) is 8. The summed E-state index contributed by atoms with van der Waals surface area (Å²) in [5.74, 6) is 1.22. The monoisotopic (exact) mass is 367 g/mol. The Bertz CT molecular complexity index is 646. The van der Waals surface area contributed by atoms with E-state index in [9.17, 15) is 9.90 Å². The minimum Gasteiger partial charge on any atom is -0.491 e. The molecular formula is C16H21N3O3S2. The smallest absolute Gasteiger partial charge is 0.206 e. The van der Waals surface area contributed by atoms with Crippen molar-refractivity contribution in [2.75, 3.05) is 24.2 Å². The number of ketones is 1. The molecule has 0 fully saturated rings. The van der Waals surface area contributed by atoms with Crippen LogP contribution in [0.5, 0.6) is 5.75 Å². The van der Waals surface area contributed by atoms with Crippen LogP contribution in [0.1, 0.15) is 30.6 Å². The third-order valence-corrected chi connectivity index (χ3v) is 5.23. The predicted molar refractivity (Wildman–Crippen MR) is 97.4 cm³/mol. The van der Waals surface area contributed by atoms with E-state index in [1.165, 1.54) is 23.1 Å². The second kappa shape index (κ2) is 9.61. The lowest BCUT2D eigenvalue weighted by Gasteiger charge is -2.11. The third kappa shape index (κ3) is 5.77. The summed E-state index contributed by atoms with van der Waals surface area (Å²) >= 11 is 2.92. The summed E-state index contributed by atoms with van der Waals surface area (Å²) in [4.78, 5) is 11.6. The van der Waals surface area contributed by atoms with Crippen molar-refractivity contribution >= 4 is 34.0 Å². The standard InChI is InChI=1S/C16H21N3O3S2/c1-3-14(21)11-5-7-13(8-6-11)22-9-12(20)10-23-16-19-18-15(24-16)17-4-2/h5-8,12,20H,3-4,9-10H2,1-2H3,(H,17,18). The van der Waals surface area contributed by atoms with E-state index in [-0.39, 0.29) is 12.4 Å². The molecule has 0 aliphatic rings. The number of Topliss-reactive ketones (excluding diaryl/α,β-unsaturated/α-hetero) is 1. The number of ether oxygens (including phenoxy) is 1. The molecule has 6 nitrogen and oxygen atoms in total. The van der Waals surface area contributed by atoms with Gasteiger partial charge >= 0.3 is 0 Å². The fourth-order valence-electron chi connectivity index (χ4n) is 1.84. The molecule has 0 aliphatic carbocycles. The molecule has 1 aromatic heterocycles. The summed E-state index contributed by atoms with van der Waals surface area (Å²) in [7, 11) is 0. The number of nitrogens with one attached hydrogen (secondary N) is 1. The van der Waals surface area contributed by atoms with Crippen molar-refractivity contribution in [2.24, 2.45) is 0 Å². The Morgan fingerprint density at radius 2 is 2.08 bits per heavy atom. The van der Waals surface area contributed by atoms with E-state index in [1.54, 1.807) is 24.3 Å². The minimum atomic E-state index is -0.613. The van der Waals surface area contributed by atoms with Gasteiger partial charge < -0.3 is 15.2 Å². The molecule has 0 spiro atoms. The summed E-state index contributed by atoms with van der Waals surface area (Å²) < 4.78 is 6.36. The molecule has 1 unspecified atom stereocenters. The summed E-state index contributed by atoms with van der Waals surface area (Å²) in [5, 5.41) is 21.9. The molecule has 2 rings (SSSR count). The number of aliphatic hydroxyl groups is 1.